The van der Waals surface area contributed by atoms with Gasteiger partial charge in [-0.25, -0.2) is 0 Å². The molecule has 0 aliphatic carbocycles. The molecule has 0 saturated carbocycles. The first-order chi connectivity index (χ1) is 14.3. The highest BCUT2D eigenvalue weighted by Crippen LogP contribution is 2.49. The van der Waals surface area contributed by atoms with Crippen LogP contribution >= 0.6 is 27.3 Å². The first kappa shape index (κ1) is 20.4. The number of nitrogens with one attached hydrogen (secondary N) is 2. The van der Waals surface area contributed by atoms with Gasteiger partial charge in [0, 0.05) is 21.2 Å². The summed E-state index contributed by atoms with van der Waals surface area (Å²) in [5.74, 6) is -0.931. The van der Waals surface area contributed by atoms with Gasteiger partial charge in [0.1, 0.15) is 5.92 Å². The second-order valence-corrected chi connectivity index (χ2v) is 9.29. The van der Waals surface area contributed by atoms with Crippen LogP contribution in [0.3, 0.4) is 0 Å². The van der Waals surface area contributed by atoms with E-state index in [1.165, 1.54) is 0 Å². The van der Waals surface area contributed by atoms with Gasteiger partial charge in [0.2, 0.25) is 11.8 Å². The van der Waals surface area contributed by atoms with Gasteiger partial charge in [-0.3, -0.25) is 10.5 Å². The highest BCUT2D eigenvalue weighted by molar-refractivity contribution is 9.10. The summed E-state index contributed by atoms with van der Waals surface area (Å²) in [5.41, 5.74) is 3.20. The van der Waals surface area contributed by atoms with E-state index in [4.69, 9.17) is 14.9 Å². The maximum Gasteiger partial charge on any atom is 0.244 e. The molecule has 0 radical (unpaired) electrons. The topological polar surface area (TPSA) is 115 Å². The van der Waals surface area contributed by atoms with E-state index >= 15 is 0 Å². The van der Waals surface area contributed by atoms with Crippen LogP contribution in [0.4, 0.5) is 0 Å². The number of halogens is 1. The zero-order chi connectivity index (χ0) is 21.6. The maximum atomic E-state index is 10.3. The average molecular weight is 487 g/mol. The molecule has 0 spiro atoms. The molecule has 0 saturated heterocycles. The monoisotopic (exact) mass is 486 g/mol. The number of benzene rings is 1. The Hall–Kier alpha value is -2.83. The number of H-pyrrole nitrogens is 1. The number of aromatic amines is 1. The molecule has 0 bridgehead atoms. The molecule has 3 aromatic rings. The summed E-state index contributed by atoms with van der Waals surface area (Å²) in [6.07, 6.45) is 0. The van der Waals surface area contributed by atoms with Crippen molar-refractivity contribution < 1.29 is 14.6 Å². The number of aromatic hydroxyl groups is 1. The van der Waals surface area contributed by atoms with Crippen LogP contribution in [-0.4, -0.2) is 27.8 Å². The Labute approximate surface area is 185 Å². The van der Waals surface area contributed by atoms with E-state index in [9.17, 15) is 10.4 Å². The Bertz CT molecular complexity index is 1190. The Kier molecular flexibility index (Phi) is 5.30. The third kappa shape index (κ3) is 3.26. The zero-order valence-corrected chi connectivity index (χ0v) is 18.9. The molecule has 1 aliphatic heterocycles. The molecule has 0 fully saturated rings. The van der Waals surface area contributed by atoms with Gasteiger partial charge in [0.05, 0.1) is 28.4 Å². The smallest absolute Gasteiger partial charge is 0.244 e. The Balaban J connectivity index is 1.97. The fourth-order valence-corrected chi connectivity index (χ4v) is 5.19. The standard InChI is InChI=1S/C21H19BrN4O3S/c1-4-28-15-7-11(6-14(22)19(15)27)16-13(8-23)20(24)29-21-17(16)18(25-26-21)12-5-9(2)30-10(12)3/h5-7,13,16,24,27H,4H2,1-3H3,(H,25,26). The van der Waals surface area contributed by atoms with Crippen LogP contribution in [0.1, 0.15) is 33.7 Å². The fraction of sp³-hybridized carbons (Fsp3) is 0.286. The molecule has 2 aromatic heterocycles. The highest BCUT2D eigenvalue weighted by Gasteiger charge is 2.41. The zero-order valence-electron chi connectivity index (χ0n) is 16.5. The van der Waals surface area contributed by atoms with Crippen molar-refractivity contribution in [2.24, 2.45) is 5.92 Å². The summed E-state index contributed by atoms with van der Waals surface area (Å²) < 4.78 is 11.6. The molecular formula is C21H19BrN4O3S. The van der Waals surface area contributed by atoms with E-state index in [0.717, 1.165) is 32.1 Å². The van der Waals surface area contributed by atoms with Gasteiger partial charge in [-0.05, 0) is 60.5 Å². The minimum absolute atomic E-state index is 0.00631. The number of aromatic nitrogens is 2. The van der Waals surface area contributed by atoms with E-state index in [-0.39, 0.29) is 17.5 Å². The lowest BCUT2D eigenvalue weighted by Gasteiger charge is -2.28. The van der Waals surface area contributed by atoms with Crippen LogP contribution in [0.5, 0.6) is 17.4 Å². The van der Waals surface area contributed by atoms with Crippen LogP contribution < -0.4 is 9.47 Å². The van der Waals surface area contributed by atoms with Crippen LogP contribution in [0, 0.1) is 36.5 Å². The third-order valence-corrected chi connectivity index (χ3v) is 6.63. The molecule has 4 rings (SSSR count). The summed E-state index contributed by atoms with van der Waals surface area (Å²) in [5, 5.41) is 35.8. The number of nitrogens with zero attached hydrogens (tertiary/aromatic N) is 2. The number of hydrogen-bond acceptors (Lipinski definition) is 7. The maximum absolute atomic E-state index is 10.3. The van der Waals surface area contributed by atoms with Crippen LogP contribution in [0.15, 0.2) is 22.7 Å². The quantitative estimate of drug-likeness (QED) is 0.464. The molecule has 3 N–H and O–H groups in total. The number of rotatable bonds is 4. The Morgan fingerprint density at radius 3 is 2.80 bits per heavy atom. The van der Waals surface area contributed by atoms with Crippen LogP contribution in [-0.2, 0) is 0 Å². The summed E-state index contributed by atoms with van der Waals surface area (Å²) in [7, 11) is 0. The number of phenolic OH excluding ortho intramolecular Hbond substituents is 1. The van der Waals surface area contributed by atoms with Crippen molar-refractivity contribution in [1.29, 1.82) is 10.7 Å². The van der Waals surface area contributed by atoms with E-state index in [1.54, 1.807) is 23.5 Å². The van der Waals surface area contributed by atoms with Crippen molar-refractivity contribution in [3.63, 3.8) is 0 Å². The van der Waals surface area contributed by atoms with Gasteiger partial charge in [-0.2, -0.15) is 5.26 Å². The molecule has 7 nitrogen and oxygen atoms in total. The molecule has 0 amide bonds. The molecule has 3 heterocycles. The molecule has 2 atom stereocenters. The SMILES string of the molecule is CCOc1cc(C2c3c(n[nH]c3-c3cc(C)sc3C)OC(=N)C2C#N)cc(Br)c1O. The second-order valence-electron chi connectivity index (χ2n) is 6.98. The molecule has 154 valence electrons. The lowest BCUT2D eigenvalue weighted by atomic mass is 9.78. The van der Waals surface area contributed by atoms with Crippen LogP contribution in [0.25, 0.3) is 11.3 Å². The van der Waals surface area contributed by atoms with Crippen molar-refractivity contribution in [3.05, 3.63) is 43.6 Å². The lowest BCUT2D eigenvalue weighted by Crippen LogP contribution is -2.31. The number of fused-ring (bicyclic) bond motifs is 1. The lowest BCUT2D eigenvalue weighted by molar-refractivity contribution is 0.316. The van der Waals surface area contributed by atoms with Gasteiger partial charge in [0.25, 0.3) is 0 Å². The van der Waals surface area contributed by atoms with E-state index < -0.39 is 11.8 Å². The summed E-state index contributed by atoms with van der Waals surface area (Å²) in [6.45, 7) is 6.28. The van der Waals surface area contributed by atoms with Gasteiger partial charge in [-0.1, -0.05) is 0 Å². The number of nitriles is 1. The first-order valence-corrected chi connectivity index (χ1v) is 10.9. The Morgan fingerprint density at radius 1 is 1.40 bits per heavy atom. The second kappa shape index (κ2) is 7.78. The van der Waals surface area contributed by atoms with E-state index in [0.29, 0.717) is 16.8 Å². The van der Waals surface area contributed by atoms with Crippen molar-refractivity contribution in [1.82, 2.24) is 10.2 Å². The minimum atomic E-state index is -0.847. The highest BCUT2D eigenvalue weighted by atomic mass is 79.9. The predicted molar refractivity (Wildman–Crippen MR) is 118 cm³/mol. The normalized spacial score (nSPS) is 17.9. The molecule has 30 heavy (non-hydrogen) atoms. The van der Waals surface area contributed by atoms with Crippen molar-refractivity contribution in [2.75, 3.05) is 6.61 Å². The van der Waals surface area contributed by atoms with Gasteiger partial charge in [0.15, 0.2) is 11.5 Å². The number of aryl methyl sites for hydroxylation is 2. The third-order valence-electron chi connectivity index (χ3n) is 5.06. The molecular weight excluding hydrogens is 468 g/mol. The van der Waals surface area contributed by atoms with Gasteiger partial charge < -0.3 is 14.6 Å². The summed E-state index contributed by atoms with van der Waals surface area (Å²) in [6, 6.07) is 7.74. The minimum Gasteiger partial charge on any atom is -0.503 e. The molecule has 9 heteroatoms. The van der Waals surface area contributed by atoms with Crippen molar-refractivity contribution in [3.8, 4) is 34.7 Å². The molecule has 1 aromatic carbocycles. The number of thiophene rings is 1. The van der Waals surface area contributed by atoms with E-state index in [2.05, 4.69) is 38.3 Å². The molecule has 1 aliphatic rings. The Morgan fingerprint density at radius 2 is 2.17 bits per heavy atom. The fourth-order valence-electron chi connectivity index (χ4n) is 3.80. The number of hydrogen-bond donors (Lipinski definition) is 3. The largest absolute Gasteiger partial charge is 0.503 e. The average Bonchev–Trinajstić information content (AvgIpc) is 3.26. The first-order valence-electron chi connectivity index (χ1n) is 9.32. The van der Waals surface area contributed by atoms with Gasteiger partial charge >= 0.3 is 0 Å². The number of ether oxygens (including phenoxy) is 2. The predicted octanol–water partition coefficient (Wildman–Crippen LogP) is 5.26. The summed E-state index contributed by atoms with van der Waals surface area (Å²) >= 11 is 5.06. The molecule has 2 unspecified atom stereocenters. The van der Waals surface area contributed by atoms with Gasteiger partial charge in [-0.15, -0.1) is 16.4 Å². The number of phenols is 1. The van der Waals surface area contributed by atoms with Crippen LogP contribution in [0.2, 0.25) is 0 Å². The van der Waals surface area contributed by atoms with Crippen molar-refractivity contribution in [2.45, 2.75) is 26.7 Å². The van der Waals surface area contributed by atoms with Crippen molar-refractivity contribution >= 4 is 33.2 Å². The van der Waals surface area contributed by atoms with E-state index in [1.807, 2.05) is 20.8 Å². The summed E-state index contributed by atoms with van der Waals surface area (Å²) in [4.78, 5) is 2.28.